The van der Waals surface area contributed by atoms with Crippen molar-refractivity contribution in [1.29, 1.82) is 0 Å². The van der Waals surface area contributed by atoms with Crippen LogP contribution in [0.15, 0.2) is 4.99 Å². The van der Waals surface area contributed by atoms with Crippen LogP contribution in [0, 0.1) is 17.3 Å². The van der Waals surface area contributed by atoms with Gasteiger partial charge in [-0.3, -0.25) is 4.99 Å². The van der Waals surface area contributed by atoms with E-state index >= 15 is 0 Å². The first-order valence-electron chi connectivity index (χ1n) is 12.2. The van der Waals surface area contributed by atoms with E-state index in [9.17, 15) is 0 Å². The average molecular weight is 536 g/mol. The topological polar surface area (TPSA) is 46.1 Å². The highest BCUT2D eigenvalue weighted by Gasteiger charge is 2.35. The number of halogens is 1. The minimum atomic E-state index is 0. The maximum Gasteiger partial charge on any atom is 0.193 e. The highest BCUT2D eigenvalue weighted by Crippen LogP contribution is 2.34. The van der Waals surface area contributed by atoms with Gasteiger partial charge in [-0.2, -0.15) is 0 Å². The Morgan fingerprint density at radius 1 is 1.07 bits per heavy atom. The molecule has 2 unspecified atom stereocenters. The number of piperidine rings is 1. The van der Waals surface area contributed by atoms with Crippen molar-refractivity contribution < 1.29 is 9.47 Å². The Morgan fingerprint density at radius 2 is 1.77 bits per heavy atom. The molecule has 0 aromatic heterocycles. The summed E-state index contributed by atoms with van der Waals surface area (Å²) in [6.07, 6.45) is 10.9. The van der Waals surface area contributed by atoms with E-state index < -0.39 is 0 Å². The minimum Gasteiger partial charge on any atom is -0.378 e. The van der Waals surface area contributed by atoms with Crippen molar-refractivity contribution >= 4 is 29.9 Å². The van der Waals surface area contributed by atoms with E-state index in [-0.39, 0.29) is 29.4 Å². The van der Waals surface area contributed by atoms with Gasteiger partial charge >= 0.3 is 0 Å². The molecule has 176 valence electrons. The summed E-state index contributed by atoms with van der Waals surface area (Å²) in [5, 5.41) is 3.53. The summed E-state index contributed by atoms with van der Waals surface area (Å²) in [7, 11) is 0. The Labute approximate surface area is 202 Å². The predicted octanol–water partition coefficient (Wildman–Crippen LogP) is 5.08. The van der Waals surface area contributed by atoms with E-state index in [0.29, 0.717) is 18.1 Å². The van der Waals surface area contributed by atoms with Gasteiger partial charge in [-0.1, -0.05) is 33.6 Å². The monoisotopic (exact) mass is 535 g/mol. The maximum atomic E-state index is 6.26. The first-order chi connectivity index (χ1) is 14.0. The van der Waals surface area contributed by atoms with Gasteiger partial charge in [-0.05, 0) is 56.8 Å². The normalized spacial score (nSPS) is 27.2. The molecule has 2 saturated heterocycles. The molecule has 2 aliphatic heterocycles. The smallest absolute Gasteiger partial charge is 0.193 e. The zero-order valence-electron chi connectivity index (χ0n) is 19.8. The molecule has 0 aromatic rings. The molecule has 3 aliphatic rings. The Morgan fingerprint density at radius 3 is 2.40 bits per heavy atom. The van der Waals surface area contributed by atoms with Crippen molar-refractivity contribution in [2.75, 3.05) is 39.4 Å². The Kier molecular flexibility index (Phi) is 11.2. The van der Waals surface area contributed by atoms with Gasteiger partial charge < -0.3 is 19.7 Å². The van der Waals surface area contributed by atoms with Crippen molar-refractivity contribution in [3.05, 3.63) is 0 Å². The van der Waals surface area contributed by atoms with E-state index in [1.807, 2.05) is 0 Å². The lowest BCUT2D eigenvalue weighted by Crippen LogP contribution is -2.48. The van der Waals surface area contributed by atoms with Crippen molar-refractivity contribution in [3.8, 4) is 0 Å². The van der Waals surface area contributed by atoms with E-state index in [4.69, 9.17) is 14.5 Å². The molecule has 5 nitrogen and oxygen atoms in total. The third-order valence-electron chi connectivity index (χ3n) is 6.89. The second kappa shape index (κ2) is 12.8. The summed E-state index contributed by atoms with van der Waals surface area (Å²) in [4.78, 5) is 7.51. The minimum absolute atomic E-state index is 0. The number of likely N-dealkylation sites (tertiary alicyclic amines) is 1. The number of hydrogen-bond donors (Lipinski definition) is 1. The molecule has 30 heavy (non-hydrogen) atoms. The van der Waals surface area contributed by atoms with Gasteiger partial charge in [0.1, 0.15) is 0 Å². The molecule has 1 N–H and O–H groups in total. The summed E-state index contributed by atoms with van der Waals surface area (Å²) >= 11 is 0. The molecule has 3 fully saturated rings. The molecule has 0 amide bonds. The van der Waals surface area contributed by atoms with Gasteiger partial charge in [0.2, 0.25) is 0 Å². The van der Waals surface area contributed by atoms with E-state index in [2.05, 4.69) is 37.9 Å². The van der Waals surface area contributed by atoms with Gasteiger partial charge in [0.25, 0.3) is 0 Å². The maximum absolute atomic E-state index is 6.26. The van der Waals surface area contributed by atoms with Crippen molar-refractivity contribution in [2.45, 2.75) is 91.3 Å². The lowest BCUT2D eigenvalue weighted by Gasteiger charge is -2.40. The number of aliphatic imine (C=N–C) groups is 1. The van der Waals surface area contributed by atoms with Crippen LogP contribution in [0.4, 0.5) is 0 Å². The summed E-state index contributed by atoms with van der Waals surface area (Å²) in [6, 6.07) is 0. The third kappa shape index (κ3) is 7.80. The zero-order chi connectivity index (χ0) is 20.7. The molecule has 6 heteroatoms. The van der Waals surface area contributed by atoms with Crippen LogP contribution in [0.1, 0.15) is 79.1 Å². The Bertz CT molecular complexity index is 509. The van der Waals surface area contributed by atoms with Crippen LogP contribution in [0.25, 0.3) is 0 Å². The zero-order valence-corrected chi connectivity index (χ0v) is 22.2. The predicted molar refractivity (Wildman–Crippen MR) is 136 cm³/mol. The molecule has 1 aliphatic carbocycles. The van der Waals surface area contributed by atoms with E-state index in [1.165, 1.54) is 32.1 Å². The summed E-state index contributed by atoms with van der Waals surface area (Å²) in [5.74, 6) is 2.42. The molecular formula is C24H46IN3O2. The summed E-state index contributed by atoms with van der Waals surface area (Å²) in [5.41, 5.74) is 0.175. The molecule has 2 heterocycles. The van der Waals surface area contributed by atoms with Crippen molar-refractivity contribution in [3.63, 3.8) is 0 Å². The van der Waals surface area contributed by atoms with Gasteiger partial charge in [0, 0.05) is 45.3 Å². The number of hydrogen-bond acceptors (Lipinski definition) is 3. The van der Waals surface area contributed by atoms with Crippen LogP contribution in [0.5, 0.6) is 0 Å². The Hall–Kier alpha value is -0.0800. The van der Waals surface area contributed by atoms with Crippen LogP contribution >= 0.6 is 24.0 Å². The summed E-state index contributed by atoms with van der Waals surface area (Å²) in [6.45, 7) is 14.8. The van der Waals surface area contributed by atoms with Crippen LogP contribution in [-0.4, -0.2) is 62.5 Å². The van der Waals surface area contributed by atoms with E-state index in [0.717, 1.165) is 70.5 Å². The standard InChI is InChI=1S/C24H45N3O2.HI/c1-5-25-23(26-17-20-11-8-16-28-22(20)24(2,3)4)27-14-12-21(13-15-27)29-18-19-9-6-7-10-19;/h19-22H,5-18H2,1-4H3,(H,25,26);1H. The van der Waals surface area contributed by atoms with Crippen molar-refractivity contribution in [1.82, 2.24) is 10.2 Å². The first kappa shape index (κ1) is 26.2. The SMILES string of the molecule is CCNC(=NCC1CCCOC1C(C)(C)C)N1CCC(OCC2CCCC2)CC1.I. The molecule has 0 bridgehead atoms. The number of ether oxygens (including phenoxy) is 2. The van der Waals surface area contributed by atoms with Crippen molar-refractivity contribution in [2.24, 2.45) is 22.2 Å². The van der Waals surface area contributed by atoms with Gasteiger partial charge in [-0.15, -0.1) is 24.0 Å². The fourth-order valence-electron chi connectivity index (χ4n) is 5.30. The fourth-order valence-corrected chi connectivity index (χ4v) is 5.30. The number of nitrogens with one attached hydrogen (secondary N) is 1. The molecule has 0 aromatic carbocycles. The van der Waals surface area contributed by atoms with Gasteiger partial charge in [-0.25, -0.2) is 0 Å². The second-order valence-corrected chi connectivity index (χ2v) is 10.4. The second-order valence-electron chi connectivity index (χ2n) is 10.4. The first-order valence-corrected chi connectivity index (χ1v) is 12.2. The van der Waals surface area contributed by atoms with Crippen LogP contribution in [-0.2, 0) is 9.47 Å². The molecule has 1 saturated carbocycles. The third-order valence-corrected chi connectivity index (χ3v) is 6.89. The molecular weight excluding hydrogens is 489 g/mol. The van der Waals surface area contributed by atoms with Crippen LogP contribution in [0.2, 0.25) is 0 Å². The molecule has 0 spiro atoms. The highest BCUT2D eigenvalue weighted by atomic mass is 127. The lowest BCUT2D eigenvalue weighted by molar-refractivity contribution is -0.0824. The average Bonchev–Trinajstić information content (AvgIpc) is 3.23. The largest absolute Gasteiger partial charge is 0.378 e. The number of guanidine groups is 1. The molecule has 0 radical (unpaired) electrons. The van der Waals surface area contributed by atoms with Crippen LogP contribution < -0.4 is 5.32 Å². The van der Waals surface area contributed by atoms with Gasteiger partial charge in [0.15, 0.2) is 5.96 Å². The van der Waals surface area contributed by atoms with Crippen LogP contribution in [0.3, 0.4) is 0 Å². The Balaban J connectivity index is 0.00000320. The molecule has 2 atom stereocenters. The number of nitrogens with zero attached hydrogens (tertiary/aromatic N) is 2. The lowest BCUT2D eigenvalue weighted by atomic mass is 9.78. The van der Waals surface area contributed by atoms with E-state index in [1.54, 1.807) is 0 Å². The highest BCUT2D eigenvalue weighted by molar-refractivity contribution is 14.0. The fraction of sp³-hybridized carbons (Fsp3) is 0.958. The molecule has 3 rings (SSSR count). The quantitative estimate of drug-likeness (QED) is 0.293. The number of rotatable bonds is 6. The summed E-state index contributed by atoms with van der Waals surface area (Å²) < 4.78 is 12.4. The van der Waals surface area contributed by atoms with Gasteiger partial charge in [0.05, 0.1) is 12.2 Å².